The highest BCUT2D eigenvalue weighted by molar-refractivity contribution is 4.94. The fourth-order valence-electron chi connectivity index (χ4n) is 2.72. The van der Waals surface area contributed by atoms with Gasteiger partial charge in [-0.15, -0.1) is 0 Å². The van der Waals surface area contributed by atoms with E-state index in [0.717, 1.165) is 0 Å². The average Bonchev–Trinajstić information content (AvgIpc) is 2.59. The highest BCUT2D eigenvalue weighted by Gasteiger charge is 2.50. The van der Waals surface area contributed by atoms with Gasteiger partial charge in [0.25, 0.3) is 0 Å². The molecule has 0 aliphatic carbocycles. The summed E-state index contributed by atoms with van der Waals surface area (Å²) in [5.41, 5.74) is -1.57. The number of hydrogen-bond acceptors (Lipinski definition) is 11. The van der Waals surface area contributed by atoms with Gasteiger partial charge in [0.1, 0.15) is 36.1 Å². The van der Waals surface area contributed by atoms with Crippen LogP contribution in [0.2, 0.25) is 0 Å². The predicted octanol–water partition coefficient (Wildman–Crippen LogP) is -5.01. The number of aliphatic hydroxyl groups is 8. The van der Waals surface area contributed by atoms with Gasteiger partial charge in [-0.1, -0.05) is 0 Å². The number of hydrogen-bond donors (Lipinski definition) is 8. The summed E-state index contributed by atoms with van der Waals surface area (Å²) in [4.78, 5) is 0. The third-order valence-corrected chi connectivity index (χ3v) is 4.31. The van der Waals surface area contributed by atoms with Crippen LogP contribution in [-0.4, -0.2) is 115 Å². The fraction of sp³-hybridized carbons (Fsp3) is 1.00. The lowest BCUT2D eigenvalue weighted by Crippen LogP contribution is -2.63. The van der Waals surface area contributed by atoms with Gasteiger partial charge < -0.3 is 55.1 Å². The normalized spacial score (nSPS) is 46.0. The molecule has 2 heterocycles. The van der Waals surface area contributed by atoms with Gasteiger partial charge >= 0.3 is 0 Å². The molecule has 5 unspecified atom stereocenters. The summed E-state index contributed by atoms with van der Waals surface area (Å²) in [5.74, 6) is 0. The molecule has 11 nitrogen and oxygen atoms in total. The summed E-state index contributed by atoms with van der Waals surface area (Å²) in [5, 5.41) is 77.0. The van der Waals surface area contributed by atoms with E-state index in [-0.39, 0.29) is 6.42 Å². The summed E-state index contributed by atoms with van der Waals surface area (Å²) < 4.78 is 15.7. The summed E-state index contributed by atoms with van der Waals surface area (Å²) in [6.45, 7) is -2.00. The Bertz CT molecular complexity index is 401. The van der Waals surface area contributed by atoms with Crippen molar-refractivity contribution < 1.29 is 55.1 Å². The van der Waals surface area contributed by atoms with E-state index in [0.29, 0.717) is 0 Å². The molecule has 2 rings (SSSR count). The van der Waals surface area contributed by atoms with Gasteiger partial charge in [-0.2, -0.15) is 0 Å². The zero-order valence-electron chi connectivity index (χ0n) is 12.7. The lowest BCUT2D eigenvalue weighted by molar-refractivity contribution is -0.382. The molecule has 142 valence electrons. The molecule has 11 heteroatoms. The van der Waals surface area contributed by atoms with E-state index in [4.69, 9.17) is 19.3 Å². The molecule has 0 bridgehead atoms. The van der Waals surface area contributed by atoms with Gasteiger partial charge in [0.2, 0.25) is 0 Å². The van der Waals surface area contributed by atoms with Gasteiger partial charge in [-0.3, -0.25) is 0 Å². The van der Waals surface area contributed by atoms with Crippen molar-refractivity contribution in [3.63, 3.8) is 0 Å². The molecular formula is C13H24O11. The molecule has 2 aliphatic rings. The first kappa shape index (κ1) is 19.9. The Morgan fingerprint density at radius 1 is 0.833 bits per heavy atom. The van der Waals surface area contributed by atoms with Gasteiger partial charge in [0, 0.05) is 6.42 Å². The van der Waals surface area contributed by atoms with Crippen LogP contribution in [0.25, 0.3) is 0 Å². The van der Waals surface area contributed by atoms with Crippen LogP contribution in [0.15, 0.2) is 0 Å². The van der Waals surface area contributed by atoms with E-state index < -0.39 is 74.6 Å². The van der Waals surface area contributed by atoms with Gasteiger partial charge in [-0.25, -0.2) is 0 Å². The SMILES string of the molecule is OCC1O[C@@H](O[C@H]2OC(CO)(CO)CC(O)C2O)C(O)C(O)[C@H]1O. The highest BCUT2D eigenvalue weighted by atomic mass is 16.8. The Balaban J connectivity index is 2.12. The van der Waals surface area contributed by atoms with Crippen molar-refractivity contribution in [2.24, 2.45) is 0 Å². The van der Waals surface area contributed by atoms with Crippen LogP contribution in [0, 0.1) is 0 Å². The van der Waals surface area contributed by atoms with Crippen LogP contribution in [0.5, 0.6) is 0 Å². The topological polar surface area (TPSA) is 190 Å². The molecule has 0 aromatic rings. The third kappa shape index (κ3) is 3.71. The monoisotopic (exact) mass is 356 g/mol. The molecular weight excluding hydrogens is 332 g/mol. The van der Waals surface area contributed by atoms with E-state index >= 15 is 0 Å². The van der Waals surface area contributed by atoms with Crippen LogP contribution < -0.4 is 0 Å². The third-order valence-electron chi connectivity index (χ3n) is 4.31. The van der Waals surface area contributed by atoms with E-state index in [1.54, 1.807) is 0 Å². The highest BCUT2D eigenvalue weighted by Crippen LogP contribution is 2.32. The molecule has 8 N–H and O–H groups in total. The van der Waals surface area contributed by atoms with Gasteiger partial charge in [0.15, 0.2) is 12.6 Å². The number of aliphatic hydroxyl groups excluding tert-OH is 8. The molecule has 2 saturated heterocycles. The Morgan fingerprint density at radius 3 is 2.00 bits per heavy atom. The molecule has 0 saturated carbocycles. The molecule has 0 amide bonds. The molecule has 2 fully saturated rings. The first-order chi connectivity index (χ1) is 11.3. The summed E-state index contributed by atoms with van der Waals surface area (Å²) in [7, 11) is 0. The Labute approximate surface area is 137 Å². The smallest absolute Gasteiger partial charge is 0.190 e. The zero-order valence-corrected chi connectivity index (χ0v) is 12.7. The first-order valence-corrected chi connectivity index (χ1v) is 7.50. The quantitative estimate of drug-likeness (QED) is 0.235. The average molecular weight is 356 g/mol. The lowest BCUT2D eigenvalue weighted by Gasteiger charge is -2.46. The van der Waals surface area contributed by atoms with Crippen LogP contribution in [-0.2, 0) is 14.2 Å². The van der Waals surface area contributed by atoms with Crippen molar-refractivity contribution in [2.45, 2.75) is 61.2 Å². The molecule has 0 radical (unpaired) electrons. The molecule has 0 aromatic heterocycles. The van der Waals surface area contributed by atoms with Crippen LogP contribution >= 0.6 is 0 Å². The Kier molecular flexibility index (Phi) is 6.50. The second-order valence-corrected chi connectivity index (χ2v) is 6.08. The van der Waals surface area contributed by atoms with Gasteiger partial charge in [0.05, 0.1) is 25.9 Å². The first-order valence-electron chi connectivity index (χ1n) is 7.50. The maximum atomic E-state index is 9.96. The van der Waals surface area contributed by atoms with Crippen LogP contribution in [0.3, 0.4) is 0 Å². The predicted molar refractivity (Wildman–Crippen MR) is 73.3 cm³/mol. The Morgan fingerprint density at radius 2 is 1.46 bits per heavy atom. The summed E-state index contributed by atoms with van der Waals surface area (Å²) >= 11 is 0. The minimum Gasteiger partial charge on any atom is -0.394 e. The largest absolute Gasteiger partial charge is 0.394 e. The summed E-state index contributed by atoms with van der Waals surface area (Å²) in [6, 6.07) is 0. The standard InChI is InChI=1S/C13H24O11/c14-2-6-8(19)9(20)10(21)11(22-6)23-12-7(18)5(17)1-13(3-15,4-16)24-12/h5-12,14-21H,1-4H2/t5?,6?,7?,8-,9?,10?,11-,12-/m0/s1. The molecule has 2 aliphatic heterocycles. The molecule has 0 aromatic carbocycles. The molecule has 8 atom stereocenters. The maximum absolute atomic E-state index is 9.96. The van der Waals surface area contributed by atoms with Crippen molar-refractivity contribution in [1.82, 2.24) is 0 Å². The lowest BCUT2D eigenvalue weighted by atomic mass is 9.91. The number of rotatable bonds is 5. The molecule has 24 heavy (non-hydrogen) atoms. The van der Waals surface area contributed by atoms with E-state index in [1.807, 2.05) is 0 Å². The Hall–Kier alpha value is -0.440. The van der Waals surface area contributed by atoms with Crippen LogP contribution in [0.1, 0.15) is 6.42 Å². The van der Waals surface area contributed by atoms with Crippen molar-refractivity contribution in [1.29, 1.82) is 0 Å². The van der Waals surface area contributed by atoms with Crippen molar-refractivity contribution >= 4 is 0 Å². The van der Waals surface area contributed by atoms with Crippen molar-refractivity contribution in [3.05, 3.63) is 0 Å². The van der Waals surface area contributed by atoms with E-state index in [9.17, 15) is 35.7 Å². The van der Waals surface area contributed by atoms with E-state index in [1.165, 1.54) is 0 Å². The van der Waals surface area contributed by atoms with E-state index in [2.05, 4.69) is 0 Å². The van der Waals surface area contributed by atoms with Crippen LogP contribution in [0.4, 0.5) is 0 Å². The minimum atomic E-state index is -1.73. The second-order valence-electron chi connectivity index (χ2n) is 6.08. The fourth-order valence-corrected chi connectivity index (χ4v) is 2.72. The zero-order chi connectivity index (χ0) is 18.1. The molecule has 0 spiro atoms. The van der Waals surface area contributed by atoms with Crippen molar-refractivity contribution in [3.8, 4) is 0 Å². The summed E-state index contributed by atoms with van der Waals surface area (Å²) in [6.07, 6.45) is -12.6. The van der Waals surface area contributed by atoms with Crippen molar-refractivity contribution in [2.75, 3.05) is 19.8 Å². The maximum Gasteiger partial charge on any atom is 0.190 e. The second kappa shape index (κ2) is 7.85. The van der Waals surface area contributed by atoms with Gasteiger partial charge in [-0.05, 0) is 0 Å². The minimum absolute atomic E-state index is 0.254. The number of ether oxygens (including phenoxy) is 3.